The van der Waals surface area contributed by atoms with Gasteiger partial charge in [-0.05, 0) is 12.5 Å². The predicted molar refractivity (Wildman–Crippen MR) is 106 cm³/mol. The summed E-state index contributed by atoms with van der Waals surface area (Å²) in [7, 11) is -1.78. The molecule has 0 saturated carbocycles. The third-order valence-corrected chi connectivity index (χ3v) is 7.17. The molecule has 0 aliphatic carbocycles. The van der Waals surface area contributed by atoms with Gasteiger partial charge in [-0.2, -0.15) is 0 Å². The van der Waals surface area contributed by atoms with E-state index in [0.717, 1.165) is 16.9 Å². The SMILES string of the molecule is COC(=O)c1sc(NC(=O)C(c2ccccc2)N2CCS(=O)(=O)CC2)nc1C. The van der Waals surface area contributed by atoms with Gasteiger partial charge in [0.15, 0.2) is 15.0 Å². The lowest BCUT2D eigenvalue weighted by Gasteiger charge is -2.33. The van der Waals surface area contributed by atoms with Crippen LogP contribution in [0.2, 0.25) is 0 Å². The van der Waals surface area contributed by atoms with E-state index >= 15 is 0 Å². The third kappa shape index (κ3) is 4.57. The number of rotatable bonds is 5. The summed E-state index contributed by atoms with van der Waals surface area (Å²) in [4.78, 5) is 31.3. The second-order valence-electron chi connectivity index (χ2n) is 6.42. The number of benzene rings is 1. The first-order chi connectivity index (χ1) is 13.3. The number of hydrogen-bond donors (Lipinski definition) is 1. The molecule has 1 amide bonds. The maximum absolute atomic E-state index is 13.1. The quantitative estimate of drug-likeness (QED) is 0.729. The molecule has 0 radical (unpaired) electrons. The highest BCUT2D eigenvalue weighted by atomic mass is 32.2. The summed E-state index contributed by atoms with van der Waals surface area (Å²) in [5.41, 5.74) is 1.24. The van der Waals surface area contributed by atoms with Gasteiger partial charge in [0, 0.05) is 13.1 Å². The first-order valence-corrected chi connectivity index (χ1v) is 11.3. The van der Waals surface area contributed by atoms with Crippen LogP contribution in [0.15, 0.2) is 30.3 Å². The zero-order chi connectivity index (χ0) is 20.3. The van der Waals surface area contributed by atoms with E-state index in [1.165, 1.54) is 7.11 Å². The van der Waals surface area contributed by atoms with E-state index in [-0.39, 0.29) is 30.5 Å². The van der Waals surface area contributed by atoms with Crippen LogP contribution in [0, 0.1) is 6.92 Å². The topological polar surface area (TPSA) is 106 Å². The Bertz CT molecular complexity index is 958. The Morgan fingerprint density at radius 1 is 1.21 bits per heavy atom. The van der Waals surface area contributed by atoms with E-state index in [0.29, 0.717) is 15.7 Å². The number of hydrogen-bond acceptors (Lipinski definition) is 8. The van der Waals surface area contributed by atoms with Crippen molar-refractivity contribution in [3.63, 3.8) is 0 Å². The fourth-order valence-electron chi connectivity index (χ4n) is 3.05. The van der Waals surface area contributed by atoms with E-state index in [1.54, 1.807) is 6.92 Å². The second kappa shape index (κ2) is 8.38. The smallest absolute Gasteiger partial charge is 0.350 e. The zero-order valence-electron chi connectivity index (χ0n) is 15.5. The Morgan fingerprint density at radius 3 is 2.46 bits per heavy atom. The minimum absolute atomic E-state index is 0.0203. The number of methoxy groups -OCH3 is 1. The van der Waals surface area contributed by atoms with Gasteiger partial charge >= 0.3 is 5.97 Å². The number of aryl methyl sites for hydroxylation is 1. The van der Waals surface area contributed by atoms with Gasteiger partial charge in [-0.1, -0.05) is 41.7 Å². The average Bonchev–Trinajstić information content (AvgIpc) is 3.03. The summed E-state index contributed by atoms with van der Waals surface area (Å²) < 4.78 is 28.3. The summed E-state index contributed by atoms with van der Waals surface area (Å²) in [6, 6.07) is 8.54. The molecule has 1 fully saturated rings. The van der Waals surface area contributed by atoms with E-state index < -0.39 is 21.8 Å². The number of carbonyl (C=O) groups is 2. The molecule has 1 N–H and O–H groups in total. The molecule has 1 aromatic heterocycles. The molecule has 3 rings (SSSR count). The number of anilines is 1. The molecule has 0 spiro atoms. The number of aromatic nitrogens is 1. The van der Waals surface area contributed by atoms with Crippen LogP contribution in [0.25, 0.3) is 0 Å². The Labute approximate surface area is 167 Å². The van der Waals surface area contributed by atoms with Crippen molar-refractivity contribution in [2.75, 3.05) is 37.0 Å². The van der Waals surface area contributed by atoms with Crippen LogP contribution in [-0.4, -0.2) is 61.9 Å². The summed E-state index contributed by atoms with van der Waals surface area (Å²) in [6.07, 6.45) is 0. The standard InChI is InChI=1S/C18H21N3O5S2/c1-12-15(17(23)26-2)27-18(19-12)20-16(22)14(13-6-4-3-5-7-13)21-8-10-28(24,25)11-9-21/h3-7,14H,8-11H2,1-2H3,(H,19,20,22). The molecule has 1 aliphatic rings. The third-order valence-electron chi connectivity index (χ3n) is 4.51. The van der Waals surface area contributed by atoms with Crippen LogP contribution in [-0.2, 0) is 19.4 Å². The Hall–Kier alpha value is -2.30. The van der Waals surface area contributed by atoms with Crippen LogP contribution < -0.4 is 5.32 Å². The Balaban J connectivity index is 1.84. The van der Waals surface area contributed by atoms with Crippen molar-refractivity contribution in [1.29, 1.82) is 0 Å². The van der Waals surface area contributed by atoms with E-state index in [2.05, 4.69) is 10.3 Å². The molecule has 1 saturated heterocycles. The molecule has 10 heteroatoms. The molecule has 28 heavy (non-hydrogen) atoms. The molecule has 8 nitrogen and oxygen atoms in total. The van der Waals surface area contributed by atoms with Crippen molar-refractivity contribution in [2.45, 2.75) is 13.0 Å². The van der Waals surface area contributed by atoms with Crippen LogP contribution in [0.1, 0.15) is 27.0 Å². The van der Waals surface area contributed by atoms with Crippen LogP contribution >= 0.6 is 11.3 Å². The van der Waals surface area contributed by atoms with Crippen molar-refractivity contribution in [1.82, 2.24) is 9.88 Å². The highest BCUT2D eigenvalue weighted by Gasteiger charge is 2.33. The average molecular weight is 424 g/mol. The second-order valence-corrected chi connectivity index (χ2v) is 9.72. The number of thiazole rings is 1. The lowest BCUT2D eigenvalue weighted by atomic mass is 10.0. The number of nitrogens with one attached hydrogen (secondary N) is 1. The van der Waals surface area contributed by atoms with Crippen LogP contribution in [0.4, 0.5) is 5.13 Å². The van der Waals surface area contributed by atoms with Gasteiger partial charge in [-0.15, -0.1) is 0 Å². The molecule has 1 unspecified atom stereocenters. The molecule has 1 aliphatic heterocycles. The lowest BCUT2D eigenvalue weighted by Crippen LogP contribution is -2.46. The maximum Gasteiger partial charge on any atom is 0.350 e. The highest BCUT2D eigenvalue weighted by molar-refractivity contribution is 7.91. The fourth-order valence-corrected chi connectivity index (χ4v) is 5.17. The van der Waals surface area contributed by atoms with Crippen molar-refractivity contribution < 1.29 is 22.7 Å². The van der Waals surface area contributed by atoms with E-state index in [9.17, 15) is 18.0 Å². The molecule has 0 bridgehead atoms. The van der Waals surface area contributed by atoms with Gasteiger partial charge in [-0.25, -0.2) is 18.2 Å². The van der Waals surface area contributed by atoms with Gasteiger partial charge in [-0.3, -0.25) is 9.69 Å². The van der Waals surface area contributed by atoms with E-state index in [1.807, 2.05) is 35.2 Å². The zero-order valence-corrected chi connectivity index (χ0v) is 17.2. The molecular formula is C18H21N3O5S2. The number of amides is 1. The number of carbonyl (C=O) groups excluding carboxylic acids is 2. The predicted octanol–water partition coefficient (Wildman–Crippen LogP) is 1.65. The molecule has 2 aromatic rings. The number of ether oxygens (including phenoxy) is 1. The van der Waals surface area contributed by atoms with E-state index in [4.69, 9.17) is 4.74 Å². The van der Waals surface area contributed by atoms with Crippen LogP contribution in [0.5, 0.6) is 0 Å². The number of esters is 1. The van der Waals surface area contributed by atoms with Crippen molar-refractivity contribution in [2.24, 2.45) is 0 Å². The number of sulfone groups is 1. The molecular weight excluding hydrogens is 402 g/mol. The van der Waals surface area contributed by atoms with Crippen molar-refractivity contribution >= 4 is 38.2 Å². The Kier molecular flexibility index (Phi) is 6.11. The first kappa shape index (κ1) is 20.4. The molecule has 2 heterocycles. The summed E-state index contributed by atoms with van der Waals surface area (Å²) in [6.45, 7) is 2.22. The first-order valence-electron chi connectivity index (χ1n) is 8.67. The maximum atomic E-state index is 13.1. The monoisotopic (exact) mass is 423 g/mol. The highest BCUT2D eigenvalue weighted by Crippen LogP contribution is 2.28. The van der Waals surface area contributed by atoms with Crippen molar-refractivity contribution in [3.8, 4) is 0 Å². The van der Waals surface area contributed by atoms with Gasteiger partial charge in [0.2, 0.25) is 5.91 Å². The van der Waals surface area contributed by atoms with Crippen molar-refractivity contribution in [3.05, 3.63) is 46.5 Å². The van der Waals surface area contributed by atoms with Crippen LogP contribution in [0.3, 0.4) is 0 Å². The lowest BCUT2D eigenvalue weighted by molar-refractivity contribution is -0.121. The summed E-state index contributed by atoms with van der Waals surface area (Å²) in [5.74, 6) is -0.786. The summed E-state index contributed by atoms with van der Waals surface area (Å²) in [5, 5.41) is 3.07. The normalized spacial score (nSPS) is 17.6. The number of nitrogens with zero attached hydrogens (tertiary/aromatic N) is 2. The molecule has 150 valence electrons. The molecule has 1 atom stereocenters. The Morgan fingerprint density at radius 2 is 1.86 bits per heavy atom. The van der Waals surface area contributed by atoms with Gasteiger partial charge in [0.1, 0.15) is 10.9 Å². The van der Waals surface area contributed by atoms with Gasteiger partial charge in [0.25, 0.3) is 0 Å². The fraction of sp³-hybridized carbons (Fsp3) is 0.389. The summed E-state index contributed by atoms with van der Waals surface area (Å²) >= 11 is 1.05. The largest absolute Gasteiger partial charge is 0.465 e. The minimum atomic E-state index is -3.07. The van der Waals surface area contributed by atoms with Gasteiger partial charge in [0.05, 0.1) is 24.3 Å². The minimum Gasteiger partial charge on any atom is -0.465 e. The molecule has 1 aromatic carbocycles. The van der Waals surface area contributed by atoms with Gasteiger partial charge < -0.3 is 10.1 Å².